The molecular formula is C25H23F2N3O2S. The molecule has 1 amide bonds. The molecule has 1 aromatic heterocycles. The van der Waals surface area contributed by atoms with Gasteiger partial charge < -0.3 is 15.4 Å². The standard InChI is InChI=1S/C25H23F2N3O2S/c1-32-22-8-7-16(11-21(22)27)24-19(15-5-6-17(13-28)20(26)10-15)12-23(33-24)25(31)30-9-3-2-4-18(29)14-30/h5-8,10-12,18H,2-4,9,14,29H2,1H3. The highest BCUT2D eigenvalue weighted by atomic mass is 32.1. The summed E-state index contributed by atoms with van der Waals surface area (Å²) in [6.45, 7) is 1.10. The van der Waals surface area contributed by atoms with Crippen LogP contribution in [0.5, 0.6) is 5.75 Å². The van der Waals surface area contributed by atoms with Crippen molar-refractivity contribution in [1.82, 2.24) is 4.90 Å². The predicted octanol–water partition coefficient (Wildman–Crippen LogP) is 5.19. The van der Waals surface area contributed by atoms with Crippen LogP contribution in [0.3, 0.4) is 0 Å². The summed E-state index contributed by atoms with van der Waals surface area (Å²) in [5, 5.41) is 9.06. The van der Waals surface area contributed by atoms with Gasteiger partial charge in [0.25, 0.3) is 5.91 Å². The Labute approximate surface area is 195 Å². The summed E-state index contributed by atoms with van der Waals surface area (Å²) in [4.78, 5) is 16.2. The molecule has 33 heavy (non-hydrogen) atoms. The van der Waals surface area contributed by atoms with Gasteiger partial charge in [-0.1, -0.05) is 12.5 Å². The lowest BCUT2D eigenvalue weighted by Gasteiger charge is -2.21. The molecule has 1 atom stereocenters. The summed E-state index contributed by atoms with van der Waals surface area (Å²) in [5.41, 5.74) is 7.71. The van der Waals surface area contributed by atoms with Gasteiger partial charge in [-0.05, 0) is 60.4 Å². The van der Waals surface area contributed by atoms with Gasteiger partial charge in [-0.15, -0.1) is 11.3 Å². The van der Waals surface area contributed by atoms with Gasteiger partial charge in [-0.2, -0.15) is 5.26 Å². The van der Waals surface area contributed by atoms with Gasteiger partial charge in [0.2, 0.25) is 0 Å². The number of likely N-dealkylation sites (tertiary alicyclic amines) is 1. The molecule has 5 nitrogen and oxygen atoms in total. The van der Waals surface area contributed by atoms with E-state index < -0.39 is 11.6 Å². The van der Waals surface area contributed by atoms with Gasteiger partial charge in [0.05, 0.1) is 17.6 Å². The van der Waals surface area contributed by atoms with E-state index in [4.69, 9.17) is 15.7 Å². The Balaban J connectivity index is 1.81. The molecule has 1 fully saturated rings. The third-order valence-corrected chi connectivity index (χ3v) is 6.92. The van der Waals surface area contributed by atoms with E-state index in [1.165, 1.54) is 42.7 Å². The summed E-state index contributed by atoms with van der Waals surface area (Å²) in [6.07, 6.45) is 2.73. The second kappa shape index (κ2) is 9.69. The number of rotatable bonds is 4. The van der Waals surface area contributed by atoms with Crippen molar-refractivity contribution in [2.45, 2.75) is 25.3 Å². The van der Waals surface area contributed by atoms with Crippen LogP contribution in [0.2, 0.25) is 0 Å². The lowest BCUT2D eigenvalue weighted by molar-refractivity contribution is 0.0760. The Hall–Kier alpha value is -3.28. The highest BCUT2D eigenvalue weighted by Crippen LogP contribution is 2.41. The fraction of sp³-hybridized carbons (Fsp3) is 0.280. The van der Waals surface area contributed by atoms with Gasteiger partial charge in [0.1, 0.15) is 11.9 Å². The molecule has 0 radical (unpaired) electrons. The van der Waals surface area contributed by atoms with Crippen LogP contribution in [0.15, 0.2) is 42.5 Å². The molecule has 1 saturated heterocycles. The minimum atomic E-state index is -0.653. The minimum absolute atomic E-state index is 0.0686. The van der Waals surface area contributed by atoms with E-state index in [9.17, 15) is 13.6 Å². The van der Waals surface area contributed by atoms with Crippen LogP contribution < -0.4 is 10.5 Å². The van der Waals surface area contributed by atoms with E-state index in [1.807, 2.05) is 6.07 Å². The lowest BCUT2D eigenvalue weighted by Crippen LogP contribution is -2.39. The van der Waals surface area contributed by atoms with Crippen LogP contribution in [0, 0.1) is 23.0 Å². The Morgan fingerprint density at radius 3 is 2.61 bits per heavy atom. The van der Waals surface area contributed by atoms with E-state index in [0.29, 0.717) is 39.5 Å². The third kappa shape index (κ3) is 4.75. The smallest absolute Gasteiger partial charge is 0.264 e. The van der Waals surface area contributed by atoms with Gasteiger partial charge in [-0.25, -0.2) is 8.78 Å². The molecule has 0 saturated carbocycles. The van der Waals surface area contributed by atoms with Gasteiger partial charge in [0.15, 0.2) is 11.6 Å². The molecule has 3 aromatic rings. The highest BCUT2D eigenvalue weighted by Gasteiger charge is 2.25. The fourth-order valence-electron chi connectivity index (χ4n) is 4.02. The number of thiophene rings is 1. The van der Waals surface area contributed by atoms with Crippen molar-refractivity contribution < 1.29 is 18.3 Å². The predicted molar refractivity (Wildman–Crippen MR) is 124 cm³/mol. The van der Waals surface area contributed by atoms with Gasteiger partial charge in [-0.3, -0.25) is 4.79 Å². The van der Waals surface area contributed by atoms with Crippen molar-refractivity contribution in [2.24, 2.45) is 5.73 Å². The van der Waals surface area contributed by atoms with Crippen LogP contribution in [0.25, 0.3) is 21.6 Å². The Morgan fingerprint density at radius 1 is 1.15 bits per heavy atom. The number of hydrogen-bond donors (Lipinski definition) is 1. The van der Waals surface area contributed by atoms with Crippen LogP contribution in [0.1, 0.15) is 34.5 Å². The van der Waals surface area contributed by atoms with Crippen LogP contribution in [-0.2, 0) is 0 Å². The number of amides is 1. The van der Waals surface area contributed by atoms with Crippen molar-refractivity contribution in [3.63, 3.8) is 0 Å². The summed E-state index contributed by atoms with van der Waals surface area (Å²) in [5.74, 6) is -1.23. The number of carbonyl (C=O) groups is 1. The monoisotopic (exact) mass is 467 g/mol. The molecular weight excluding hydrogens is 444 g/mol. The molecule has 1 unspecified atom stereocenters. The molecule has 8 heteroatoms. The van der Waals surface area contributed by atoms with E-state index in [1.54, 1.807) is 23.1 Å². The second-order valence-electron chi connectivity index (χ2n) is 8.02. The number of methoxy groups -OCH3 is 1. The zero-order chi connectivity index (χ0) is 23.5. The zero-order valence-electron chi connectivity index (χ0n) is 18.1. The van der Waals surface area contributed by atoms with E-state index >= 15 is 0 Å². The molecule has 2 heterocycles. The first kappa shape index (κ1) is 22.9. The van der Waals surface area contributed by atoms with E-state index in [2.05, 4.69) is 0 Å². The Kier molecular flexibility index (Phi) is 6.72. The summed E-state index contributed by atoms with van der Waals surface area (Å²) < 4.78 is 33.9. The summed E-state index contributed by atoms with van der Waals surface area (Å²) in [7, 11) is 1.39. The third-order valence-electron chi connectivity index (χ3n) is 5.75. The number of hydrogen-bond acceptors (Lipinski definition) is 5. The largest absolute Gasteiger partial charge is 0.494 e. The average molecular weight is 468 g/mol. The number of nitrogens with two attached hydrogens (primary N) is 1. The second-order valence-corrected chi connectivity index (χ2v) is 9.07. The summed E-state index contributed by atoms with van der Waals surface area (Å²) >= 11 is 1.23. The quantitative estimate of drug-likeness (QED) is 0.572. The first-order valence-corrected chi connectivity index (χ1v) is 11.5. The fourth-order valence-corrected chi connectivity index (χ4v) is 5.17. The number of nitrogens with zero attached hydrogens (tertiary/aromatic N) is 2. The van der Waals surface area contributed by atoms with E-state index in [0.717, 1.165) is 19.3 Å². The topological polar surface area (TPSA) is 79.3 Å². The van der Waals surface area contributed by atoms with Gasteiger partial charge >= 0.3 is 0 Å². The van der Waals surface area contributed by atoms with Crippen LogP contribution in [-0.4, -0.2) is 37.0 Å². The molecule has 170 valence electrons. The van der Waals surface area contributed by atoms with Crippen LogP contribution >= 0.6 is 11.3 Å². The van der Waals surface area contributed by atoms with Crippen molar-refractivity contribution >= 4 is 17.2 Å². The first-order valence-electron chi connectivity index (χ1n) is 10.6. The van der Waals surface area contributed by atoms with Crippen molar-refractivity contribution in [1.29, 1.82) is 5.26 Å². The highest BCUT2D eigenvalue weighted by molar-refractivity contribution is 7.18. The molecule has 1 aliphatic heterocycles. The average Bonchev–Trinajstić information content (AvgIpc) is 3.14. The maximum absolute atomic E-state index is 14.5. The van der Waals surface area contributed by atoms with Crippen molar-refractivity contribution in [3.05, 3.63) is 64.5 Å². The normalized spacial score (nSPS) is 16.2. The maximum Gasteiger partial charge on any atom is 0.264 e. The maximum atomic E-state index is 14.5. The Morgan fingerprint density at radius 2 is 1.91 bits per heavy atom. The number of carbonyl (C=O) groups excluding carboxylic acids is 1. The molecule has 2 aromatic carbocycles. The molecule has 0 aliphatic carbocycles. The number of halogens is 2. The summed E-state index contributed by atoms with van der Waals surface area (Å²) in [6, 6.07) is 12.3. The first-order chi connectivity index (χ1) is 15.9. The van der Waals surface area contributed by atoms with Crippen LogP contribution in [0.4, 0.5) is 8.78 Å². The number of ether oxygens (including phenoxy) is 1. The molecule has 1 aliphatic rings. The molecule has 0 bridgehead atoms. The molecule has 2 N–H and O–H groups in total. The van der Waals surface area contributed by atoms with Crippen molar-refractivity contribution in [2.75, 3.05) is 20.2 Å². The molecule has 4 rings (SSSR count). The lowest BCUT2D eigenvalue weighted by atomic mass is 10.0. The van der Waals surface area contributed by atoms with Crippen molar-refractivity contribution in [3.8, 4) is 33.4 Å². The minimum Gasteiger partial charge on any atom is -0.494 e. The SMILES string of the molecule is COc1ccc(-c2sc(C(=O)N3CCCCC(N)C3)cc2-c2ccc(C#N)c(F)c2)cc1F. The van der Waals surface area contributed by atoms with E-state index in [-0.39, 0.29) is 23.3 Å². The molecule has 0 spiro atoms. The Bertz CT molecular complexity index is 1230. The van der Waals surface area contributed by atoms with Gasteiger partial charge in [0, 0.05) is 29.6 Å². The zero-order valence-corrected chi connectivity index (χ0v) is 18.9. The number of benzene rings is 2. The number of nitriles is 1.